The lowest BCUT2D eigenvalue weighted by Crippen LogP contribution is -2.30. The lowest BCUT2D eigenvalue weighted by Gasteiger charge is -2.06. The number of thiazole rings is 1. The molecule has 0 aliphatic rings. The zero-order valence-corrected chi connectivity index (χ0v) is 14.4. The molecule has 2 aromatic carbocycles. The van der Waals surface area contributed by atoms with Gasteiger partial charge in [0.15, 0.2) is 0 Å². The van der Waals surface area contributed by atoms with Gasteiger partial charge < -0.3 is 10.6 Å². The van der Waals surface area contributed by atoms with Crippen molar-refractivity contribution in [1.82, 2.24) is 10.3 Å². The number of urea groups is 1. The van der Waals surface area contributed by atoms with Crippen molar-refractivity contribution in [3.05, 3.63) is 70.0 Å². The number of anilines is 1. The SMILES string of the molecule is O=C(NCCc1nc(-c2ccc(Cl)cc2)cs1)Nc1ccccc1. The van der Waals surface area contributed by atoms with E-state index >= 15 is 0 Å². The number of hydrogen-bond donors (Lipinski definition) is 2. The highest BCUT2D eigenvalue weighted by Crippen LogP contribution is 2.23. The van der Waals surface area contributed by atoms with Crippen molar-refractivity contribution in [2.24, 2.45) is 0 Å². The highest BCUT2D eigenvalue weighted by atomic mass is 35.5. The van der Waals surface area contributed by atoms with Crippen molar-refractivity contribution in [1.29, 1.82) is 0 Å². The van der Waals surface area contributed by atoms with E-state index in [1.54, 1.807) is 11.3 Å². The lowest BCUT2D eigenvalue weighted by molar-refractivity contribution is 0.252. The third kappa shape index (κ3) is 4.57. The first-order valence-corrected chi connectivity index (χ1v) is 8.77. The predicted molar refractivity (Wildman–Crippen MR) is 99.7 cm³/mol. The lowest BCUT2D eigenvalue weighted by atomic mass is 10.2. The van der Waals surface area contributed by atoms with E-state index in [0.717, 1.165) is 22.0 Å². The maximum atomic E-state index is 11.8. The number of rotatable bonds is 5. The molecule has 2 N–H and O–H groups in total. The van der Waals surface area contributed by atoms with Crippen LogP contribution in [-0.2, 0) is 6.42 Å². The summed E-state index contributed by atoms with van der Waals surface area (Å²) in [5.41, 5.74) is 2.74. The average Bonchev–Trinajstić information content (AvgIpc) is 3.05. The molecule has 0 saturated carbocycles. The van der Waals surface area contributed by atoms with Crippen LogP contribution in [0.15, 0.2) is 60.0 Å². The number of carbonyl (C=O) groups is 1. The number of amides is 2. The molecular formula is C18H16ClN3OS. The Morgan fingerprint density at radius 3 is 2.58 bits per heavy atom. The van der Waals surface area contributed by atoms with Gasteiger partial charge in [-0.2, -0.15) is 0 Å². The summed E-state index contributed by atoms with van der Waals surface area (Å²) in [6, 6.07) is 16.8. The summed E-state index contributed by atoms with van der Waals surface area (Å²) in [6.07, 6.45) is 0.695. The molecular weight excluding hydrogens is 342 g/mol. The van der Waals surface area contributed by atoms with E-state index in [1.807, 2.05) is 60.0 Å². The number of para-hydroxylation sites is 1. The summed E-state index contributed by atoms with van der Waals surface area (Å²) < 4.78 is 0. The van der Waals surface area contributed by atoms with Gasteiger partial charge in [-0.25, -0.2) is 9.78 Å². The Hall–Kier alpha value is -2.37. The number of hydrogen-bond acceptors (Lipinski definition) is 3. The minimum absolute atomic E-state index is 0.212. The molecule has 4 nitrogen and oxygen atoms in total. The van der Waals surface area contributed by atoms with E-state index in [1.165, 1.54) is 0 Å². The summed E-state index contributed by atoms with van der Waals surface area (Å²) in [7, 11) is 0. The van der Waals surface area contributed by atoms with Crippen LogP contribution in [-0.4, -0.2) is 17.6 Å². The number of aromatic nitrogens is 1. The van der Waals surface area contributed by atoms with Crippen LogP contribution in [0.5, 0.6) is 0 Å². The Morgan fingerprint density at radius 1 is 1.08 bits per heavy atom. The van der Waals surface area contributed by atoms with Gasteiger partial charge in [0.2, 0.25) is 0 Å². The van der Waals surface area contributed by atoms with E-state index in [4.69, 9.17) is 11.6 Å². The fraction of sp³-hybridized carbons (Fsp3) is 0.111. The molecule has 0 atom stereocenters. The van der Waals surface area contributed by atoms with Crippen molar-refractivity contribution in [2.75, 3.05) is 11.9 Å². The molecule has 3 aromatic rings. The molecule has 0 aliphatic heterocycles. The third-order valence-electron chi connectivity index (χ3n) is 3.35. The van der Waals surface area contributed by atoms with Crippen molar-refractivity contribution in [2.45, 2.75) is 6.42 Å². The summed E-state index contributed by atoms with van der Waals surface area (Å²) in [5, 5.41) is 9.33. The van der Waals surface area contributed by atoms with Gasteiger partial charge in [0.25, 0.3) is 0 Å². The molecule has 24 heavy (non-hydrogen) atoms. The summed E-state index contributed by atoms with van der Waals surface area (Å²) in [5.74, 6) is 0. The maximum Gasteiger partial charge on any atom is 0.319 e. The first kappa shape index (κ1) is 16.5. The molecule has 3 rings (SSSR count). The third-order valence-corrected chi connectivity index (χ3v) is 4.51. The van der Waals surface area contributed by atoms with Gasteiger partial charge in [-0.15, -0.1) is 11.3 Å². The Kier molecular flexibility index (Phi) is 5.46. The summed E-state index contributed by atoms with van der Waals surface area (Å²) >= 11 is 7.49. The van der Waals surface area contributed by atoms with Crippen LogP contribution in [0, 0.1) is 0 Å². The van der Waals surface area contributed by atoms with Crippen molar-refractivity contribution in [3.8, 4) is 11.3 Å². The highest BCUT2D eigenvalue weighted by Gasteiger charge is 2.06. The van der Waals surface area contributed by atoms with Gasteiger partial charge in [-0.05, 0) is 24.3 Å². The quantitative estimate of drug-likeness (QED) is 0.687. The van der Waals surface area contributed by atoms with Crippen LogP contribution in [0.1, 0.15) is 5.01 Å². The number of nitrogens with zero attached hydrogens (tertiary/aromatic N) is 1. The van der Waals surface area contributed by atoms with E-state index in [2.05, 4.69) is 15.6 Å². The Balaban J connectivity index is 1.49. The van der Waals surface area contributed by atoms with Crippen molar-refractivity contribution in [3.63, 3.8) is 0 Å². The van der Waals surface area contributed by atoms with Gasteiger partial charge in [-0.3, -0.25) is 0 Å². The zero-order chi connectivity index (χ0) is 16.8. The standard InChI is InChI=1S/C18H16ClN3OS/c19-14-8-6-13(7-9-14)16-12-24-17(22-16)10-11-20-18(23)21-15-4-2-1-3-5-15/h1-9,12H,10-11H2,(H2,20,21,23). The van der Waals surface area contributed by atoms with E-state index < -0.39 is 0 Å². The molecule has 1 heterocycles. The molecule has 0 radical (unpaired) electrons. The van der Waals surface area contributed by atoms with Gasteiger partial charge in [0.1, 0.15) is 0 Å². The smallest absolute Gasteiger partial charge is 0.319 e. The molecule has 0 aliphatic carbocycles. The Labute approximate surface area is 149 Å². The second-order valence-electron chi connectivity index (χ2n) is 5.13. The van der Waals surface area contributed by atoms with Crippen LogP contribution >= 0.6 is 22.9 Å². The number of halogens is 1. The number of nitrogens with one attached hydrogen (secondary N) is 2. The maximum absolute atomic E-state index is 11.8. The van der Waals surface area contributed by atoms with Crippen molar-refractivity contribution < 1.29 is 4.79 Å². The molecule has 6 heteroatoms. The van der Waals surface area contributed by atoms with Crippen LogP contribution in [0.2, 0.25) is 5.02 Å². The van der Waals surface area contributed by atoms with Crippen molar-refractivity contribution >= 4 is 34.7 Å². The fourth-order valence-corrected chi connectivity index (χ4v) is 3.09. The van der Waals surface area contributed by atoms with Crippen LogP contribution in [0.25, 0.3) is 11.3 Å². The molecule has 2 amide bonds. The van der Waals surface area contributed by atoms with Crippen LogP contribution < -0.4 is 10.6 Å². The second-order valence-corrected chi connectivity index (χ2v) is 6.51. The number of carbonyl (C=O) groups excluding carboxylic acids is 1. The van der Waals surface area contributed by atoms with Gasteiger partial charge in [0, 0.05) is 34.6 Å². The van der Waals surface area contributed by atoms with E-state index in [9.17, 15) is 4.79 Å². The first-order valence-electron chi connectivity index (χ1n) is 7.51. The van der Waals surface area contributed by atoms with Crippen LogP contribution in [0.4, 0.5) is 10.5 Å². The second kappa shape index (κ2) is 7.95. The van der Waals surface area contributed by atoms with Gasteiger partial charge in [0.05, 0.1) is 10.7 Å². The molecule has 0 unspecified atom stereocenters. The monoisotopic (exact) mass is 357 g/mol. The largest absolute Gasteiger partial charge is 0.337 e. The van der Waals surface area contributed by atoms with Gasteiger partial charge >= 0.3 is 6.03 Å². The molecule has 122 valence electrons. The first-order chi connectivity index (χ1) is 11.7. The highest BCUT2D eigenvalue weighted by molar-refractivity contribution is 7.09. The molecule has 1 aromatic heterocycles. The predicted octanol–water partition coefficient (Wildman–Crippen LogP) is 4.83. The molecule has 0 fully saturated rings. The van der Waals surface area contributed by atoms with Gasteiger partial charge in [-0.1, -0.05) is 41.9 Å². The fourth-order valence-electron chi connectivity index (χ4n) is 2.16. The Morgan fingerprint density at radius 2 is 1.83 bits per heavy atom. The molecule has 0 saturated heterocycles. The molecule has 0 spiro atoms. The zero-order valence-electron chi connectivity index (χ0n) is 12.8. The topological polar surface area (TPSA) is 54.0 Å². The minimum atomic E-state index is -0.212. The van der Waals surface area contributed by atoms with E-state index in [-0.39, 0.29) is 6.03 Å². The molecule has 0 bridgehead atoms. The summed E-state index contributed by atoms with van der Waals surface area (Å²) in [4.78, 5) is 16.4. The normalized spacial score (nSPS) is 10.4. The number of benzene rings is 2. The minimum Gasteiger partial charge on any atom is -0.337 e. The Bertz CT molecular complexity index is 803. The van der Waals surface area contributed by atoms with E-state index in [0.29, 0.717) is 18.0 Å². The average molecular weight is 358 g/mol. The van der Waals surface area contributed by atoms with Crippen LogP contribution in [0.3, 0.4) is 0 Å². The summed E-state index contributed by atoms with van der Waals surface area (Å²) in [6.45, 7) is 0.534.